The number of Topliss-reactive ketones (excluding diaryl/α,β-unsaturated/α-hetero) is 2. The van der Waals surface area contributed by atoms with Gasteiger partial charge in [-0.1, -0.05) is 124 Å². The first-order valence-electron chi connectivity index (χ1n) is 45.0. The lowest BCUT2D eigenvalue weighted by Gasteiger charge is -2.35. The number of ketones is 2. The maximum absolute atomic E-state index is 15.7. The molecule has 2 aliphatic rings. The van der Waals surface area contributed by atoms with Gasteiger partial charge in [-0.25, -0.2) is 4.68 Å². The van der Waals surface area contributed by atoms with Crippen LogP contribution < -0.4 is 80.6 Å². The summed E-state index contributed by atoms with van der Waals surface area (Å²) in [6.07, 6.45) is 3.40. The van der Waals surface area contributed by atoms with Gasteiger partial charge in [-0.05, 0) is 152 Å². The Bertz CT molecular complexity index is 4920. The van der Waals surface area contributed by atoms with Crippen LogP contribution in [0.25, 0.3) is 17.0 Å². The minimum absolute atomic E-state index is 0.0525. The van der Waals surface area contributed by atoms with E-state index in [0.717, 1.165) is 6.42 Å². The molecule has 3 heterocycles. The number of carbonyl (C=O) groups excluding carboxylic acids is 16. The molecule has 3 aromatic carbocycles. The maximum atomic E-state index is 15.7. The number of aryl methyl sites for hydroxylation is 2. The summed E-state index contributed by atoms with van der Waals surface area (Å²) in [6, 6.07) is 3.33. The van der Waals surface area contributed by atoms with Crippen LogP contribution in [0.4, 0.5) is 0 Å². The van der Waals surface area contributed by atoms with Crippen LogP contribution in [0.5, 0.6) is 5.75 Å². The molecular weight excluding hydrogens is 1720 g/mol. The molecule has 1 aliphatic heterocycles. The van der Waals surface area contributed by atoms with Gasteiger partial charge < -0.3 is 111 Å². The Morgan fingerprint density at radius 2 is 1.29 bits per heavy atom. The predicted molar refractivity (Wildman–Crippen MR) is 486 cm³/mol. The van der Waals surface area contributed by atoms with Gasteiger partial charge in [0.1, 0.15) is 71.2 Å². The first kappa shape index (κ1) is 107. The van der Waals surface area contributed by atoms with E-state index in [9.17, 15) is 68.4 Å². The molecule has 15 atom stereocenters. The fraction of sp³-hybridized carbons (Fsp3) is 0.554. The molecule has 726 valence electrons. The summed E-state index contributed by atoms with van der Waals surface area (Å²) in [5.41, 5.74) is 9.64. The van der Waals surface area contributed by atoms with Crippen LogP contribution >= 0.6 is 0 Å². The summed E-state index contributed by atoms with van der Waals surface area (Å²) < 4.78 is 6.98. The van der Waals surface area contributed by atoms with Gasteiger partial charge >= 0.3 is 5.97 Å². The van der Waals surface area contributed by atoms with E-state index in [0.29, 0.717) is 71.1 Å². The number of aromatic amines is 1. The summed E-state index contributed by atoms with van der Waals surface area (Å²) in [5, 5.41) is 86.5. The summed E-state index contributed by atoms with van der Waals surface area (Å²) >= 11 is 0. The number of benzene rings is 3. The van der Waals surface area contributed by atoms with Crippen molar-refractivity contribution in [1.29, 1.82) is 0 Å². The van der Waals surface area contributed by atoms with Crippen molar-refractivity contribution in [3.8, 4) is 5.75 Å². The second kappa shape index (κ2) is 51.8. The average molecular weight is 1860 g/mol. The van der Waals surface area contributed by atoms with Crippen LogP contribution in [-0.2, 0) is 118 Å². The van der Waals surface area contributed by atoms with Gasteiger partial charge in [0.15, 0.2) is 0 Å². The van der Waals surface area contributed by atoms with Crippen molar-refractivity contribution in [3.05, 3.63) is 119 Å². The van der Waals surface area contributed by atoms with E-state index in [1.165, 1.54) is 79.8 Å². The van der Waals surface area contributed by atoms with Crippen molar-refractivity contribution < 1.29 is 107 Å². The highest BCUT2D eigenvalue weighted by atomic mass is 16.5. The summed E-state index contributed by atoms with van der Waals surface area (Å²) in [6.45, 7) is 11.5. The minimum atomic E-state index is -2.12. The first-order valence-corrected chi connectivity index (χ1v) is 45.0. The summed E-state index contributed by atoms with van der Waals surface area (Å²) in [4.78, 5) is 245. The Balaban J connectivity index is 1.34. The lowest BCUT2D eigenvalue weighted by Crippen LogP contribution is -2.65. The Kier molecular flexibility index (Phi) is 41.7. The van der Waals surface area contributed by atoms with Gasteiger partial charge in [0.05, 0.1) is 48.7 Å². The zero-order chi connectivity index (χ0) is 98.0. The van der Waals surface area contributed by atoms with E-state index < -0.39 is 229 Å². The number of fused-ring (bicyclic) bond motifs is 3. The van der Waals surface area contributed by atoms with E-state index in [1.54, 1.807) is 91.5 Å². The first-order chi connectivity index (χ1) is 63.0. The van der Waals surface area contributed by atoms with Crippen LogP contribution in [0.15, 0.2) is 91.1 Å². The van der Waals surface area contributed by atoms with Crippen molar-refractivity contribution in [2.24, 2.45) is 29.2 Å². The fourth-order valence-electron chi connectivity index (χ4n) is 15.5. The van der Waals surface area contributed by atoms with Gasteiger partial charge in [-0.2, -0.15) is 0 Å². The van der Waals surface area contributed by atoms with E-state index in [2.05, 4.69) is 84.4 Å². The molecule has 1 saturated carbocycles. The van der Waals surface area contributed by atoms with Crippen molar-refractivity contribution in [3.63, 3.8) is 0 Å². The van der Waals surface area contributed by atoms with Crippen LogP contribution in [0, 0.1) is 17.8 Å². The largest absolute Gasteiger partial charge is 0.508 e. The van der Waals surface area contributed by atoms with E-state index in [1.807, 2.05) is 0 Å². The maximum Gasteiger partial charge on any atom is 0.303 e. The van der Waals surface area contributed by atoms with Crippen LogP contribution in [0.2, 0.25) is 0 Å². The molecule has 2 aromatic heterocycles. The third kappa shape index (κ3) is 33.4. The molecule has 0 radical (unpaired) electrons. The number of phenols is 1. The van der Waals surface area contributed by atoms with Gasteiger partial charge in [0.25, 0.3) is 0 Å². The standard InChI is InChI=1S/C92H131N19O22/c1-51(2)43-68(100-56(7)114)85(127)106-76(55(6)113)88(130)103-70(45-58-23-14-13-15-24-58)87(129)108-91(8)39-18-11-12-19-41-111-73(30-22-42-133-10)65(109-110-111)29-21-40-92(9,90(132)105-72(50-112)86(128)99-54(5)80(122)98-53(4)79(94)121)107-81(123)61(44-57-25-20-26-57)49-96-66(35-37-74(93)116)78(120)77(119)52(3)97-83(125)71(47-60-48-95-64-28-17-16-27-63(60)64)102-84(126)69(46-59-31-33-62(115)34-32-59)101-82(124)67(104-89(91)131)36-38-75(117)118/h13-17,22-24,27-28,30-34,48,51-55,57,61,66-72,76,95-96,112-113,115H,11-12,18-21,25-26,29,35-47,49-50H2,1-10H3,(H2,93,116)(H2,94,121)(H,97,125)(H,98,122)(H,99,128)(H,100,114)(H,101,124)(H,102,126)(H,103,130)(H,104,131)(H,105,132)(H,106,127)(H,107,123)(H,108,129)(H,117,118)/b30-22+/t52?,53?,54-,55+,61+,66-,67-,68-,69?,70-,71-,72?,76-,91+,92-/m0/s1. The Morgan fingerprint density at radius 3 is 1.92 bits per heavy atom. The lowest BCUT2D eigenvalue weighted by atomic mass is 9.78. The van der Waals surface area contributed by atoms with Crippen molar-refractivity contribution >= 4 is 117 Å². The van der Waals surface area contributed by atoms with Crippen molar-refractivity contribution in [2.45, 2.75) is 281 Å². The highest BCUT2D eigenvalue weighted by Crippen LogP contribution is 2.33. The molecule has 133 heavy (non-hydrogen) atoms. The molecule has 1 fully saturated rings. The number of aliphatic carboxylic acids is 1. The third-order valence-electron chi connectivity index (χ3n) is 23.6. The number of primary amides is 2. The molecule has 0 spiro atoms. The number of nitrogens with two attached hydrogens (primary N) is 2. The van der Waals surface area contributed by atoms with Crippen LogP contribution in [0.3, 0.4) is 0 Å². The molecule has 2 bridgehead atoms. The Hall–Kier alpha value is -12.9. The predicted octanol–water partition coefficient (Wildman–Crippen LogP) is -0.246. The summed E-state index contributed by atoms with van der Waals surface area (Å²) in [7, 11) is 1.48. The van der Waals surface area contributed by atoms with Gasteiger partial charge in [0.2, 0.25) is 94.3 Å². The number of para-hydroxylation sites is 1. The normalized spacial score (nSPS) is 22.2. The Morgan fingerprint density at radius 1 is 0.647 bits per heavy atom. The fourth-order valence-corrected chi connectivity index (χ4v) is 15.5. The number of carbonyl (C=O) groups is 17. The van der Waals surface area contributed by atoms with Gasteiger partial charge in [0, 0.05) is 76.3 Å². The van der Waals surface area contributed by atoms with E-state index >= 15 is 33.6 Å². The number of aromatic hydroxyl groups is 1. The number of methoxy groups -OCH3 is 1. The van der Waals surface area contributed by atoms with Crippen LogP contribution in [-0.4, -0.2) is 251 Å². The minimum Gasteiger partial charge on any atom is -0.508 e. The van der Waals surface area contributed by atoms with Crippen molar-refractivity contribution in [1.82, 2.24) is 89.1 Å². The molecule has 22 N–H and O–H groups in total. The zero-order valence-electron chi connectivity index (χ0n) is 77.0. The number of carboxylic acid groups (broad SMARTS) is 1. The SMILES string of the molecule is COC/C=C/c1c2nnn1CCCCCC[C@@](C)(NC(=O)[C@H](Cc1ccccc1)NC(=O)[C@@H](NC(=O)[C@H](CC(C)C)NC(C)=O)[C@@H](C)O)C(=O)N[C@@H](CCC(=O)O)C(=O)NC(Cc1ccc(O)cc1)C(=O)N[C@@H](Cc1c[nH]c3ccccc13)C(=O)NC(C)C(=O)C(=O)[C@H](CCC(N)=O)NC[C@@H](CC1CCC1)C(=O)N[C@](C)(C(=O)NC(CO)C(=O)N[C@@H](C)C(=O)NC(C)C(N)=O)CCC2. The topological polar surface area (TPSA) is 635 Å². The smallest absolute Gasteiger partial charge is 0.303 e. The molecule has 7 rings (SSSR count). The number of ether oxygens (including phenoxy) is 1. The quantitative estimate of drug-likeness (QED) is 0.0233. The average Bonchev–Trinajstić information content (AvgIpc) is 1.80. The number of nitrogens with one attached hydrogen (secondary N) is 14. The number of aliphatic hydroxyl groups is 2. The highest BCUT2D eigenvalue weighted by molar-refractivity contribution is 6.41. The number of H-pyrrole nitrogens is 1. The number of rotatable bonds is 35. The number of aromatic nitrogens is 4. The number of hydrogen-bond acceptors (Lipinski definition) is 24. The summed E-state index contributed by atoms with van der Waals surface area (Å²) in [5.74, 6) is -18.5. The van der Waals surface area contributed by atoms with Gasteiger partial charge in [-0.15, -0.1) is 5.10 Å². The second-order valence-corrected chi connectivity index (χ2v) is 35.3. The molecule has 4 unspecified atom stereocenters. The van der Waals surface area contributed by atoms with Gasteiger partial charge in [-0.3, -0.25) is 81.5 Å². The molecule has 1 aliphatic carbocycles. The van der Waals surface area contributed by atoms with Crippen molar-refractivity contribution in [2.75, 3.05) is 26.9 Å². The van der Waals surface area contributed by atoms with E-state index in [4.69, 9.17) is 16.2 Å². The highest BCUT2D eigenvalue weighted by Gasteiger charge is 2.44. The van der Waals surface area contributed by atoms with Crippen LogP contribution in [0.1, 0.15) is 193 Å². The lowest BCUT2D eigenvalue weighted by molar-refractivity contribution is -0.140. The zero-order valence-corrected chi connectivity index (χ0v) is 77.0. The molecule has 41 nitrogen and oxygen atoms in total. The molecule has 0 saturated heterocycles. The number of amides is 14. The second-order valence-electron chi connectivity index (χ2n) is 35.3. The number of hydrogen-bond donors (Lipinski definition) is 20. The number of nitrogens with zero attached hydrogens (tertiary/aromatic N) is 3. The third-order valence-corrected chi connectivity index (χ3v) is 23.6. The molecule has 41 heteroatoms. The monoisotopic (exact) mass is 1850 g/mol. The Labute approximate surface area is 771 Å². The number of phenolic OH excluding ortho intramolecular Hbond substituents is 1. The molecule has 14 amide bonds. The number of carboxylic acids is 1. The molecular formula is C92H131N19O22. The molecule has 5 aromatic rings. The number of aliphatic hydroxyl groups excluding tert-OH is 2. The van der Waals surface area contributed by atoms with E-state index in [-0.39, 0.29) is 95.1 Å².